The fourth-order valence-electron chi connectivity index (χ4n) is 1.38. The van der Waals surface area contributed by atoms with Crippen LogP contribution in [0.5, 0.6) is 0 Å². The molecule has 0 amide bonds. The van der Waals surface area contributed by atoms with Crippen molar-refractivity contribution in [2.24, 2.45) is 0 Å². The standard InChI is InChI=1S/C12H10FN/c13-12-3-1-2-11(9-12)8-10-4-6-14-7-5-10/h1-7,9H,8H2. The molecule has 0 spiro atoms. The third kappa shape index (κ3) is 2.16. The smallest absolute Gasteiger partial charge is 0.123 e. The minimum absolute atomic E-state index is 0.184. The first kappa shape index (κ1) is 8.88. The summed E-state index contributed by atoms with van der Waals surface area (Å²) in [7, 11) is 0. The average Bonchev–Trinajstić information content (AvgIpc) is 2.19. The number of halogens is 1. The molecule has 0 aliphatic heterocycles. The van der Waals surface area contributed by atoms with Gasteiger partial charge in [-0.3, -0.25) is 4.98 Å². The molecular weight excluding hydrogens is 177 g/mol. The number of pyridine rings is 1. The zero-order valence-corrected chi connectivity index (χ0v) is 7.65. The van der Waals surface area contributed by atoms with Crippen molar-refractivity contribution < 1.29 is 4.39 Å². The average molecular weight is 187 g/mol. The summed E-state index contributed by atoms with van der Waals surface area (Å²) >= 11 is 0. The summed E-state index contributed by atoms with van der Waals surface area (Å²) in [6.45, 7) is 0. The van der Waals surface area contributed by atoms with E-state index in [1.54, 1.807) is 24.5 Å². The highest BCUT2D eigenvalue weighted by atomic mass is 19.1. The Morgan fingerprint density at radius 3 is 2.50 bits per heavy atom. The number of hydrogen-bond donors (Lipinski definition) is 0. The molecule has 0 aliphatic rings. The van der Waals surface area contributed by atoms with Crippen molar-refractivity contribution in [3.8, 4) is 0 Å². The Balaban J connectivity index is 2.19. The van der Waals surface area contributed by atoms with Crippen LogP contribution in [0.3, 0.4) is 0 Å². The molecule has 2 rings (SSSR count). The Bertz CT molecular complexity index is 412. The van der Waals surface area contributed by atoms with E-state index >= 15 is 0 Å². The molecule has 14 heavy (non-hydrogen) atoms. The Morgan fingerprint density at radius 2 is 1.79 bits per heavy atom. The van der Waals surface area contributed by atoms with E-state index in [2.05, 4.69) is 4.98 Å². The van der Waals surface area contributed by atoms with Gasteiger partial charge in [-0.1, -0.05) is 12.1 Å². The molecule has 2 aromatic rings. The molecule has 1 heterocycles. The third-order valence-corrected chi connectivity index (χ3v) is 2.05. The Labute approximate surface area is 82.2 Å². The van der Waals surface area contributed by atoms with Gasteiger partial charge in [-0.25, -0.2) is 4.39 Å². The van der Waals surface area contributed by atoms with Crippen LogP contribution in [-0.4, -0.2) is 4.98 Å². The van der Waals surface area contributed by atoms with Gasteiger partial charge in [-0.05, 0) is 41.8 Å². The Kier molecular flexibility index (Phi) is 2.54. The van der Waals surface area contributed by atoms with Crippen molar-refractivity contribution in [2.45, 2.75) is 6.42 Å². The molecule has 1 nitrogen and oxygen atoms in total. The minimum Gasteiger partial charge on any atom is -0.265 e. The zero-order valence-electron chi connectivity index (χ0n) is 7.65. The first-order valence-corrected chi connectivity index (χ1v) is 4.48. The maximum Gasteiger partial charge on any atom is 0.123 e. The van der Waals surface area contributed by atoms with Crippen LogP contribution in [0.4, 0.5) is 4.39 Å². The van der Waals surface area contributed by atoms with Crippen LogP contribution in [0.2, 0.25) is 0 Å². The van der Waals surface area contributed by atoms with Gasteiger partial charge in [0.05, 0.1) is 0 Å². The monoisotopic (exact) mass is 187 g/mol. The van der Waals surface area contributed by atoms with E-state index in [4.69, 9.17) is 0 Å². The second-order valence-electron chi connectivity index (χ2n) is 3.16. The normalized spacial score (nSPS) is 10.1. The van der Waals surface area contributed by atoms with E-state index in [1.807, 2.05) is 18.2 Å². The lowest BCUT2D eigenvalue weighted by Gasteiger charge is -2.00. The van der Waals surface area contributed by atoms with Crippen molar-refractivity contribution in [1.29, 1.82) is 0 Å². The summed E-state index contributed by atoms with van der Waals surface area (Å²) in [5.74, 6) is -0.184. The first-order valence-electron chi connectivity index (χ1n) is 4.48. The van der Waals surface area contributed by atoms with Crippen LogP contribution in [-0.2, 0) is 6.42 Å². The van der Waals surface area contributed by atoms with Gasteiger partial charge < -0.3 is 0 Å². The molecule has 0 fully saturated rings. The molecule has 1 aromatic heterocycles. The molecule has 0 aliphatic carbocycles. The summed E-state index contributed by atoms with van der Waals surface area (Å²) in [6.07, 6.45) is 4.24. The van der Waals surface area contributed by atoms with Crippen LogP contribution in [0.15, 0.2) is 48.8 Å². The lowest BCUT2D eigenvalue weighted by atomic mass is 10.1. The summed E-state index contributed by atoms with van der Waals surface area (Å²) in [6, 6.07) is 10.5. The highest BCUT2D eigenvalue weighted by molar-refractivity contribution is 5.24. The Hall–Kier alpha value is -1.70. The van der Waals surface area contributed by atoms with Gasteiger partial charge in [0.25, 0.3) is 0 Å². The number of rotatable bonds is 2. The molecule has 70 valence electrons. The van der Waals surface area contributed by atoms with Crippen molar-refractivity contribution in [2.75, 3.05) is 0 Å². The first-order chi connectivity index (χ1) is 6.84. The van der Waals surface area contributed by atoms with E-state index in [1.165, 1.54) is 6.07 Å². The van der Waals surface area contributed by atoms with Gasteiger partial charge in [0.1, 0.15) is 5.82 Å². The van der Waals surface area contributed by atoms with Crippen molar-refractivity contribution in [3.63, 3.8) is 0 Å². The highest BCUT2D eigenvalue weighted by Crippen LogP contribution is 2.09. The van der Waals surface area contributed by atoms with Crippen LogP contribution in [0.25, 0.3) is 0 Å². The van der Waals surface area contributed by atoms with Crippen molar-refractivity contribution in [3.05, 3.63) is 65.7 Å². The quantitative estimate of drug-likeness (QED) is 0.704. The van der Waals surface area contributed by atoms with Gasteiger partial charge >= 0.3 is 0 Å². The maximum absolute atomic E-state index is 12.9. The molecule has 2 heteroatoms. The van der Waals surface area contributed by atoms with E-state index in [9.17, 15) is 4.39 Å². The summed E-state index contributed by atoms with van der Waals surface area (Å²) < 4.78 is 12.9. The fraction of sp³-hybridized carbons (Fsp3) is 0.0833. The molecule has 0 bridgehead atoms. The summed E-state index contributed by atoms with van der Waals surface area (Å²) in [5.41, 5.74) is 2.13. The summed E-state index contributed by atoms with van der Waals surface area (Å²) in [5, 5.41) is 0. The lowest BCUT2D eigenvalue weighted by molar-refractivity contribution is 0.626. The molecule has 0 saturated carbocycles. The fourth-order valence-corrected chi connectivity index (χ4v) is 1.38. The van der Waals surface area contributed by atoms with Crippen LogP contribution >= 0.6 is 0 Å². The van der Waals surface area contributed by atoms with Gasteiger partial charge in [-0.15, -0.1) is 0 Å². The van der Waals surface area contributed by atoms with Crippen molar-refractivity contribution in [1.82, 2.24) is 4.98 Å². The van der Waals surface area contributed by atoms with E-state index < -0.39 is 0 Å². The molecular formula is C12H10FN. The topological polar surface area (TPSA) is 12.9 Å². The highest BCUT2D eigenvalue weighted by Gasteiger charge is 1.96. The second-order valence-corrected chi connectivity index (χ2v) is 3.16. The van der Waals surface area contributed by atoms with Crippen LogP contribution in [0.1, 0.15) is 11.1 Å². The largest absolute Gasteiger partial charge is 0.265 e. The van der Waals surface area contributed by atoms with Crippen LogP contribution in [0, 0.1) is 5.82 Å². The molecule has 0 atom stereocenters. The number of benzene rings is 1. The third-order valence-electron chi connectivity index (χ3n) is 2.05. The summed E-state index contributed by atoms with van der Waals surface area (Å²) in [4.78, 5) is 3.93. The van der Waals surface area contributed by atoms with Gasteiger partial charge in [0.2, 0.25) is 0 Å². The van der Waals surface area contributed by atoms with E-state index in [-0.39, 0.29) is 5.82 Å². The zero-order chi connectivity index (χ0) is 9.80. The SMILES string of the molecule is Fc1cccc(Cc2ccncc2)c1. The van der Waals surface area contributed by atoms with E-state index in [0.717, 1.165) is 17.5 Å². The predicted molar refractivity (Wildman–Crippen MR) is 53.4 cm³/mol. The maximum atomic E-state index is 12.9. The van der Waals surface area contributed by atoms with Gasteiger partial charge in [0.15, 0.2) is 0 Å². The lowest BCUT2D eigenvalue weighted by Crippen LogP contribution is -1.88. The second kappa shape index (κ2) is 4.01. The molecule has 0 N–H and O–H groups in total. The molecule has 0 radical (unpaired) electrons. The predicted octanol–water partition coefficient (Wildman–Crippen LogP) is 2.81. The number of hydrogen-bond acceptors (Lipinski definition) is 1. The Morgan fingerprint density at radius 1 is 1.00 bits per heavy atom. The number of nitrogens with zero attached hydrogens (tertiary/aromatic N) is 1. The van der Waals surface area contributed by atoms with Crippen LogP contribution < -0.4 is 0 Å². The molecule has 1 aromatic carbocycles. The molecule has 0 saturated heterocycles. The molecule has 0 unspecified atom stereocenters. The van der Waals surface area contributed by atoms with Gasteiger partial charge in [-0.2, -0.15) is 0 Å². The van der Waals surface area contributed by atoms with Gasteiger partial charge in [0, 0.05) is 12.4 Å². The van der Waals surface area contributed by atoms with E-state index in [0.29, 0.717) is 0 Å². The minimum atomic E-state index is -0.184. The number of aromatic nitrogens is 1. The van der Waals surface area contributed by atoms with Crippen molar-refractivity contribution >= 4 is 0 Å².